The number of rotatable bonds is 3. The van der Waals surface area contributed by atoms with Crippen molar-refractivity contribution in [1.29, 1.82) is 0 Å². The van der Waals surface area contributed by atoms with Gasteiger partial charge >= 0.3 is 0 Å². The first-order valence-electron chi connectivity index (χ1n) is 6.55. The summed E-state index contributed by atoms with van der Waals surface area (Å²) in [7, 11) is 0. The highest BCUT2D eigenvalue weighted by Gasteiger charge is 2.11. The number of imidazole rings is 1. The molecule has 0 aliphatic carbocycles. The van der Waals surface area contributed by atoms with Gasteiger partial charge in [-0.15, -0.1) is 0 Å². The van der Waals surface area contributed by atoms with E-state index in [1.165, 1.54) is 0 Å². The predicted molar refractivity (Wildman–Crippen MR) is 90.3 cm³/mol. The highest BCUT2D eigenvalue weighted by molar-refractivity contribution is 7.71. The van der Waals surface area contributed by atoms with Crippen LogP contribution in [0.3, 0.4) is 0 Å². The van der Waals surface area contributed by atoms with Gasteiger partial charge in [-0.2, -0.15) is 0 Å². The van der Waals surface area contributed by atoms with E-state index in [-0.39, 0.29) is 0 Å². The zero-order chi connectivity index (χ0) is 14.8. The number of benzene rings is 2. The number of anilines is 1. The topological polar surface area (TPSA) is 32.8 Å². The first-order valence-corrected chi connectivity index (χ1v) is 7.33. The van der Waals surface area contributed by atoms with Crippen LogP contribution < -0.4 is 5.43 Å². The normalized spacial score (nSPS) is 10.6. The largest absolute Gasteiger partial charge is 0.333 e. The fourth-order valence-electron chi connectivity index (χ4n) is 2.28. The Morgan fingerprint density at radius 3 is 2.57 bits per heavy atom. The Morgan fingerprint density at radius 1 is 1.10 bits per heavy atom. The van der Waals surface area contributed by atoms with Crippen LogP contribution in [0.4, 0.5) is 5.69 Å². The van der Waals surface area contributed by atoms with Gasteiger partial charge in [0.15, 0.2) is 4.77 Å². The van der Waals surface area contributed by atoms with E-state index in [1.54, 1.807) is 0 Å². The number of aromatic nitrogens is 2. The van der Waals surface area contributed by atoms with Gasteiger partial charge in [0.05, 0.1) is 11.4 Å². The van der Waals surface area contributed by atoms with Crippen molar-refractivity contribution in [2.24, 2.45) is 0 Å². The van der Waals surface area contributed by atoms with Gasteiger partial charge < -0.3 is 4.98 Å². The zero-order valence-corrected chi connectivity index (χ0v) is 13.0. The van der Waals surface area contributed by atoms with Gasteiger partial charge in [-0.25, -0.2) is 4.68 Å². The zero-order valence-electron chi connectivity index (χ0n) is 11.4. The number of aryl methyl sites for hydroxylation is 1. The molecule has 5 heteroatoms. The summed E-state index contributed by atoms with van der Waals surface area (Å²) in [4.78, 5) is 3.19. The summed E-state index contributed by atoms with van der Waals surface area (Å²) in [5.74, 6) is 0. The summed E-state index contributed by atoms with van der Waals surface area (Å²) in [5, 5.41) is 0.681. The van der Waals surface area contributed by atoms with Crippen LogP contribution in [0.2, 0.25) is 5.02 Å². The molecular formula is C16H14ClN3S. The van der Waals surface area contributed by atoms with Crippen molar-refractivity contribution in [2.75, 3.05) is 5.43 Å². The average Bonchev–Trinajstić information content (AvgIpc) is 2.74. The number of nitrogens with zero attached hydrogens (tertiary/aromatic N) is 1. The second-order valence-corrected chi connectivity index (χ2v) is 5.55. The van der Waals surface area contributed by atoms with Crippen molar-refractivity contribution in [2.45, 2.75) is 6.92 Å². The standard InChI is InChI=1S/C16H14ClN3S/c1-11-15(12-6-3-2-4-7-12)20(16(21)18-11)19-14-9-5-8-13(17)10-14/h2-10,19H,1H3,(H,18,21). The van der Waals surface area contributed by atoms with E-state index in [1.807, 2.05) is 54.1 Å². The summed E-state index contributed by atoms with van der Waals surface area (Å²) in [6, 6.07) is 17.7. The Hall–Kier alpha value is -2.04. The first kappa shape index (κ1) is 13.9. The van der Waals surface area contributed by atoms with Gasteiger partial charge in [0.1, 0.15) is 0 Å². The Kier molecular flexibility index (Phi) is 3.82. The van der Waals surface area contributed by atoms with Gasteiger partial charge in [-0.05, 0) is 37.3 Å². The molecule has 0 amide bonds. The third-order valence-corrected chi connectivity index (χ3v) is 3.71. The minimum atomic E-state index is 0.617. The molecule has 0 spiro atoms. The minimum Gasteiger partial charge on any atom is -0.333 e. The van der Waals surface area contributed by atoms with Crippen LogP contribution in [0.5, 0.6) is 0 Å². The van der Waals surface area contributed by atoms with Gasteiger partial charge in [0.2, 0.25) is 0 Å². The SMILES string of the molecule is Cc1[nH]c(=S)n(Nc2cccc(Cl)c2)c1-c1ccccc1. The van der Waals surface area contributed by atoms with Crippen LogP contribution in [0.15, 0.2) is 54.6 Å². The molecule has 0 saturated heterocycles. The van der Waals surface area contributed by atoms with E-state index in [0.717, 1.165) is 22.6 Å². The Morgan fingerprint density at radius 2 is 1.86 bits per heavy atom. The number of H-pyrrole nitrogens is 1. The number of halogens is 1. The lowest BCUT2D eigenvalue weighted by Gasteiger charge is -2.12. The molecule has 0 bridgehead atoms. The molecule has 0 aliphatic heterocycles. The predicted octanol–water partition coefficient (Wildman–Crippen LogP) is 5.05. The molecule has 3 rings (SSSR count). The van der Waals surface area contributed by atoms with E-state index < -0.39 is 0 Å². The van der Waals surface area contributed by atoms with Gasteiger partial charge in [0, 0.05) is 16.3 Å². The van der Waals surface area contributed by atoms with Crippen LogP contribution in [0.25, 0.3) is 11.3 Å². The summed E-state index contributed by atoms with van der Waals surface area (Å²) in [6.07, 6.45) is 0. The van der Waals surface area contributed by atoms with Crippen molar-refractivity contribution >= 4 is 29.5 Å². The van der Waals surface area contributed by atoms with E-state index in [0.29, 0.717) is 9.79 Å². The monoisotopic (exact) mass is 315 g/mol. The lowest BCUT2D eigenvalue weighted by atomic mass is 10.1. The average molecular weight is 316 g/mol. The molecule has 0 atom stereocenters. The highest BCUT2D eigenvalue weighted by Crippen LogP contribution is 2.24. The molecule has 106 valence electrons. The molecule has 3 aromatic rings. The second-order valence-electron chi connectivity index (χ2n) is 4.73. The first-order chi connectivity index (χ1) is 10.1. The van der Waals surface area contributed by atoms with Crippen LogP contribution in [-0.4, -0.2) is 9.66 Å². The fourth-order valence-corrected chi connectivity index (χ4v) is 2.76. The van der Waals surface area contributed by atoms with Crippen LogP contribution in [0, 0.1) is 11.7 Å². The molecule has 0 radical (unpaired) electrons. The van der Waals surface area contributed by atoms with Crippen molar-refractivity contribution in [3.8, 4) is 11.3 Å². The Balaban J connectivity index is 2.09. The van der Waals surface area contributed by atoms with E-state index in [4.69, 9.17) is 23.8 Å². The number of aromatic amines is 1. The number of hydrogen-bond donors (Lipinski definition) is 2. The molecule has 3 nitrogen and oxygen atoms in total. The summed E-state index contributed by atoms with van der Waals surface area (Å²) in [6.45, 7) is 2.01. The Labute approximate surface area is 133 Å². The maximum absolute atomic E-state index is 6.03. The molecule has 21 heavy (non-hydrogen) atoms. The second kappa shape index (κ2) is 5.76. The van der Waals surface area contributed by atoms with Gasteiger partial charge in [-0.1, -0.05) is 48.0 Å². The molecule has 1 aromatic heterocycles. The van der Waals surface area contributed by atoms with E-state index in [2.05, 4.69) is 22.5 Å². The van der Waals surface area contributed by atoms with Crippen molar-refractivity contribution in [3.05, 3.63) is 70.1 Å². The lowest BCUT2D eigenvalue weighted by molar-refractivity contribution is 0.942. The molecule has 2 N–H and O–H groups in total. The van der Waals surface area contributed by atoms with Crippen molar-refractivity contribution in [1.82, 2.24) is 9.66 Å². The van der Waals surface area contributed by atoms with Gasteiger partial charge in [0.25, 0.3) is 0 Å². The van der Waals surface area contributed by atoms with Crippen LogP contribution >= 0.6 is 23.8 Å². The van der Waals surface area contributed by atoms with E-state index >= 15 is 0 Å². The molecule has 0 unspecified atom stereocenters. The molecule has 2 aromatic carbocycles. The minimum absolute atomic E-state index is 0.617. The van der Waals surface area contributed by atoms with Crippen LogP contribution in [0.1, 0.15) is 5.69 Å². The third kappa shape index (κ3) is 2.86. The van der Waals surface area contributed by atoms with Crippen molar-refractivity contribution in [3.63, 3.8) is 0 Å². The molecule has 0 aliphatic rings. The van der Waals surface area contributed by atoms with Crippen LogP contribution in [-0.2, 0) is 0 Å². The van der Waals surface area contributed by atoms with Crippen molar-refractivity contribution < 1.29 is 0 Å². The molecule has 1 heterocycles. The maximum Gasteiger partial charge on any atom is 0.197 e. The number of hydrogen-bond acceptors (Lipinski definition) is 2. The Bertz CT molecular complexity index is 821. The van der Waals surface area contributed by atoms with Gasteiger partial charge in [-0.3, -0.25) is 5.43 Å². The quantitative estimate of drug-likeness (QED) is 0.663. The molecule has 0 saturated carbocycles. The maximum atomic E-state index is 6.03. The molecular weight excluding hydrogens is 302 g/mol. The van der Waals surface area contributed by atoms with E-state index in [9.17, 15) is 0 Å². The summed E-state index contributed by atoms with van der Waals surface area (Å²) in [5.41, 5.74) is 7.31. The lowest BCUT2D eigenvalue weighted by Crippen LogP contribution is -2.10. The summed E-state index contributed by atoms with van der Waals surface area (Å²) >= 11 is 11.4. The fraction of sp³-hybridized carbons (Fsp3) is 0.0625. The molecule has 0 fully saturated rings. The number of nitrogens with one attached hydrogen (secondary N) is 2. The smallest absolute Gasteiger partial charge is 0.197 e. The third-order valence-electron chi connectivity index (χ3n) is 3.19. The summed E-state index contributed by atoms with van der Waals surface area (Å²) < 4.78 is 2.48. The highest BCUT2D eigenvalue weighted by atomic mass is 35.5.